The van der Waals surface area contributed by atoms with E-state index in [0.29, 0.717) is 5.92 Å². The lowest BCUT2D eigenvalue weighted by molar-refractivity contribution is 0.511. The number of thiophene rings is 1. The van der Waals surface area contributed by atoms with Gasteiger partial charge in [0.2, 0.25) is 0 Å². The summed E-state index contributed by atoms with van der Waals surface area (Å²) in [5, 5.41) is 0.182. The van der Waals surface area contributed by atoms with Crippen LogP contribution in [-0.2, 0) is 5.41 Å². The molecule has 1 rings (SSSR count). The summed E-state index contributed by atoms with van der Waals surface area (Å²) in [6.07, 6.45) is 2.42. The minimum atomic E-state index is 0.182. The zero-order valence-electron chi connectivity index (χ0n) is 11.0. The van der Waals surface area contributed by atoms with Gasteiger partial charge in [0.1, 0.15) is 0 Å². The predicted octanol–water partition coefficient (Wildman–Crippen LogP) is 5.76. The quantitative estimate of drug-likeness (QED) is 0.602. The Hall–Kier alpha value is -0.0100. The lowest BCUT2D eigenvalue weighted by Gasteiger charge is -2.17. The van der Waals surface area contributed by atoms with Crippen molar-refractivity contribution in [2.24, 2.45) is 5.92 Å². The molecule has 0 bridgehead atoms. The molecule has 0 aromatic carbocycles. The van der Waals surface area contributed by atoms with Crippen LogP contribution in [0.15, 0.2) is 12.1 Å². The van der Waals surface area contributed by atoms with E-state index in [4.69, 9.17) is 11.6 Å². The zero-order chi connectivity index (χ0) is 12.3. The van der Waals surface area contributed by atoms with Crippen LogP contribution in [0.4, 0.5) is 0 Å². The second kappa shape index (κ2) is 5.55. The van der Waals surface area contributed by atoms with Gasteiger partial charge in [-0.15, -0.1) is 22.9 Å². The average molecular weight is 259 g/mol. The monoisotopic (exact) mass is 258 g/mol. The van der Waals surface area contributed by atoms with E-state index in [1.165, 1.54) is 22.6 Å². The SMILES string of the molecule is CCCC(C)C(Cl)c1ccc(C(C)(C)C)s1. The maximum atomic E-state index is 6.51. The lowest BCUT2D eigenvalue weighted by atomic mass is 9.95. The number of halogens is 1. The molecular weight excluding hydrogens is 236 g/mol. The molecule has 0 saturated heterocycles. The summed E-state index contributed by atoms with van der Waals surface area (Å²) in [7, 11) is 0. The van der Waals surface area contributed by atoms with E-state index in [0.717, 1.165) is 0 Å². The van der Waals surface area contributed by atoms with Crippen molar-refractivity contribution in [2.75, 3.05) is 0 Å². The van der Waals surface area contributed by atoms with Gasteiger partial charge in [0.15, 0.2) is 0 Å². The molecule has 92 valence electrons. The van der Waals surface area contributed by atoms with Crippen LogP contribution in [0, 0.1) is 5.92 Å². The Kier molecular flexibility index (Phi) is 4.88. The van der Waals surface area contributed by atoms with Crippen molar-refractivity contribution in [3.05, 3.63) is 21.9 Å². The molecule has 0 radical (unpaired) electrons. The Bertz CT molecular complexity index is 322. The first-order valence-corrected chi connectivity index (χ1v) is 7.35. The third-order valence-electron chi connectivity index (χ3n) is 2.88. The first-order chi connectivity index (χ1) is 7.36. The second-order valence-electron chi connectivity index (χ2n) is 5.62. The van der Waals surface area contributed by atoms with E-state index < -0.39 is 0 Å². The summed E-state index contributed by atoms with van der Waals surface area (Å²) < 4.78 is 0. The molecular formula is C14H23ClS. The zero-order valence-corrected chi connectivity index (χ0v) is 12.6. The maximum absolute atomic E-state index is 6.51. The summed E-state index contributed by atoms with van der Waals surface area (Å²) >= 11 is 8.38. The number of rotatable bonds is 4. The van der Waals surface area contributed by atoms with E-state index >= 15 is 0 Å². The molecule has 0 fully saturated rings. The number of alkyl halides is 1. The summed E-state index contributed by atoms with van der Waals surface area (Å²) in [5.74, 6) is 0.568. The summed E-state index contributed by atoms with van der Waals surface area (Å²) in [6.45, 7) is 11.2. The van der Waals surface area contributed by atoms with Crippen molar-refractivity contribution >= 4 is 22.9 Å². The van der Waals surface area contributed by atoms with E-state index in [2.05, 4.69) is 46.8 Å². The van der Waals surface area contributed by atoms with Crippen LogP contribution in [0.3, 0.4) is 0 Å². The van der Waals surface area contributed by atoms with Crippen LogP contribution >= 0.6 is 22.9 Å². The van der Waals surface area contributed by atoms with Crippen molar-refractivity contribution < 1.29 is 0 Å². The summed E-state index contributed by atoms with van der Waals surface area (Å²) in [4.78, 5) is 2.75. The molecule has 2 heteroatoms. The lowest BCUT2D eigenvalue weighted by Crippen LogP contribution is -2.08. The van der Waals surface area contributed by atoms with Crippen LogP contribution < -0.4 is 0 Å². The Morgan fingerprint density at radius 1 is 1.31 bits per heavy atom. The predicted molar refractivity (Wildman–Crippen MR) is 75.7 cm³/mol. The van der Waals surface area contributed by atoms with Gasteiger partial charge in [-0.3, -0.25) is 0 Å². The van der Waals surface area contributed by atoms with Crippen molar-refractivity contribution in [1.29, 1.82) is 0 Å². The molecule has 0 saturated carbocycles. The third-order valence-corrected chi connectivity index (χ3v) is 5.27. The highest BCUT2D eigenvalue weighted by molar-refractivity contribution is 7.12. The van der Waals surface area contributed by atoms with E-state index in [-0.39, 0.29) is 10.8 Å². The molecule has 0 aliphatic carbocycles. The van der Waals surface area contributed by atoms with Gasteiger partial charge in [-0.05, 0) is 29.9 Å². The van der Waals surface area contributed by atoms with Gasteiger partial charge in [0.25, 0.3) is 0 Å². The Labute approximate surface area is 109 Å². The summed E-state index contributed by atoms with van der Waals surface area (Å²) in [5.41, 5.74) is 0.244. The number of hydrogen-bond acceptors (Lipinski definition) is 1. The molecule has 1 aromatic rings. The highest BCUT2D eigenvalue weighted by Gasteiger charge is 2.21. The van der Waals surface area contributed by atoms with Crippen molar-refractivity contribution in [1.82, 2.24) is 0 Å². The van der Waals surface area contributed by atoms with Crippen molar-refractivity contribution in [2.45, 2.75) is 58.3 Å². The van der Waals surface area contributed by atoms with Gasteiger partial charge in [-0.2, -0.15) is 0 Å². The molecule has 0 N–H and O–H groups in total. The van der Waals surface area contributed by atoms with Gasteiger partial charge >= 0.3 is 0 Å². The first-order valence-electron chi connectivity index (χ1n) is 6.10. The van der Waals surface area contributed by atoms with Gasteiger partial charge in [-0.25, -0.2) is 0 Å². The fourth-order valence-electron chi connectivity index (χ4n) is 1.79. The summed E-state index contributed by atoms with van der Waals surface area (Å²) in [6, 6.07) is 4.43. The number of hydrogen-bond donors (Lipinski definition) is 0. The standard InChI is InChI=1S/C14H23ClS/c1-6-7-10(2)13(15)11-8-9-12(16-11)14(3,4)5/h8-10,13H,6-7H2,1-5H3. The van der Waals surface area contributed by atoms with E-state index in [9.17, 15) is 0 Å². The van der Waals surface area contributed by atoms with Crippen LogP contribution in [-0.4, -0.2) is 0 Å². The first kappa shape index (κ1) is 14.1. The van der Waals surface area contributed by atoms with E-state index in [1.54, 1.807) is 0 Å². The molecule has 0 nitrogen and oxygen atoms in total. The Morgan fingerprint density at radius 2 is 1.94 bits per heavy atom. The van der Waals surface area contributed by atoms with Gasteiger partial charge in [-0.1, -0.05) is 41.0 Å². The van der Waals surface area contributed by atoms with Gasteiger partial charge < -0.3 is 0 Å². The van der Waals surface area contributed by atoms with Crippen molar-refractivity contribution in [3.63, 3.8) is 0 Å². The largest absolute Gasteiger partial charge is 0.143 e. The van der Waals surface area contributed by atoms with Crippen LogP contribution in [0.2, 0.25) is 0 Å². The molecule has 0 aliphatic rings. The molecule has 0 spiro atoms. The topological polar surface area (TPSA) is 0 Å². The smallest absolute Gasteiger partial charge is 0.0704 e. The fraction of sp³-hybridized carbons (Fsp3) is 0.714. The molecule has 1 aromatic heterocycles. The van der Waals surface area contributed by atoms with Crippen LogP contribution in [0.1, 0.15) is 62.6 Å². The van der Waals surface area contributed by atoms with Crippen LogP contribution in [0.5, 0.6) is 0 Å². The average Bonchev–Trinajstić information content (AvgIpc) is 2.65. The highest BCUT2D eigenvalue weighted by Crippen LogP contribution is 2.39. The minimum Gasteiger partial charge on any atom is -0.143 e. The fourth-order valence-corrected chi connectivity index (χ4v) is 3.30. The maximum Gasteiger partial charge on any atom is 0.0704 e. The Morgan fingerprint density at radius 3 is 2.38 bits per heavy atom. The molecule has 0 amide bonds. The molecule has 2 unspecified atom stereocenters. The molecule has 1 heterocycles. The second-order valence-corrected chi connectivity index (χ2v) is 7.21. The normalized spacial score (nSPS) is 16.1. The van der Waals surface area contributed by atoms with Crippen molar-refractivity contribution in [3.8, 4) is 0 Å². The van der Waals surface area contributed by atoms with Crippen LogP contribution in [0.25, 0.3) is 0 Å². The van der Waals surface area contributed by atoms with Gasteiger partial charge in [0.05, 0.1) is 5.38 Å². The third kappa shape index (κ3) is 3.49. The Balaban J connectivity index is 2.78. The molecule has 0 aliphatic heterocycles. The molecule has 2 atom stereocenters. The highest BCUT2D eigenvalue weighted by atomic mass is 35.5. The minimum absolute atomic E-state index is 0.182. The molecule has 16 heavy (non-hydrogen) atoms. The van der Waals surface area contributed by atoms with Gasteiger partial charge in [0, 0.05) is 9.75 Å². The van der Waals surface area contributed by atoms with E-state index in [1.807, 2.05) is 11.3 Å².